The molecule has 0 saturated carbocycles. The van der Waals surface area contributed by atoms with Crippen molar-refractivity contribution in [3.63, 3.8) is 0 Å². The van der Waals surface area contributed by atoms with Crippen molar-refractivity contribution in [1.82, 2.24) is 10.3 Å². The lowest BCUT2D eigenvalue weighted by atomic mass is 10.1. The molecule has 3 aromatic rings. The van der Waals surface area contributed by atoms with Gasteiger partial charge in [-0.05, 0) is 36.8 Å². The highest BCUT2D eigenvalue weighted by Gasteiger charge is 2.14. The first kappa shape index (κ1) is 17.9. The second-order valence-corrected chi connectivity index (χ2v) is 6.25. The third-order valence-corrected chi connectivity index (χ3v) is 4.10. The fourth-order valence-corrected chi connectivity index (χ4v) is 2.73. The number of hydrogen-bond donors (Lipinski definition) is 1. The van der Waals surface area contributed by atoms with Gasteiger partial charge in [-0.15, -0.1) is 0 Å². The Morgan fingerprint density at radius 1 is 1.12 bits per heavy atom. The van der Waals surface area contributed by atoms with Crippen LogP contribution in [0.4, 0.5) is 0 Å². The summed E-state index contributed by atoms with van der Waals surface area (Å²) in [7, 11) is 0. The highest BCUT2D eigenvalue weighted by molar-refractivity contribution is 6.30. The van der Waals surface area contributed by atoms with Crippen LogP contribution in [-0.4, -0.2) is 23.5 Å². The smallest absolute Gasteiger partial charge is 0.357 e. The Morgan fingerprint density at radius 3 is 2.73 bits per heavy atom. The van der Waals surface area contributed by atoms with E-state index in [2.05, 4.69) is 10.3 Å². The minimum atomic E-state index is -0.638. The van der Waals surface area contributed by atoms with Crippen LogP contribution in [0.25, 0.3) is 10.9 Å². The monoisotopic (exact) mass is 368 g/mol. The average Bonchev–Trinajstić information content (AvgIpc) is 2.65. The fraction of sp³-hybridized carbons (Fsp3) is 0.150. The van der Waals surface area contributed by atoms with Crippen LogP contribution in [0.15, 0.2) is 60.7 Å². The molecular weight excluding hydrogens is 352 g/mol. The van der Waals surface area contributed by atoms with E-state index in [4.69, 9.17) is 16.3 Å². The Hall–Kier alpha value is -2.92. The normalized spacial score (nSPS) is 11.8. The number of rotatable bonds is 5. The number of hydrogen-bond acceptors (Lipinski definition) is 4. The van der Waals surface area contributed by atoms with Crippen LogP contribution in [0, 0.1) is 0 Å². The standard InChI is InChI=1S/C20H17ClN2O3/c1-13(15-6-4-7-16(21)11-15)22-19(24)12-26-20(25)18-10-9-14-5-2-3-8-17(14)23-18/h2-11,13H,12H2,1H3,(H,22,24)/t13-/m1/s1. The molecule has 1 aromatic heterocycles. The lowest BCUT2D eigenvalue weighted by Crippen LogP contribution is -2.31. The van der Waals surface area contributed by atoms with Crippen LogP contribution in [-0.2, 0) is 9.53 Å². The van der Waals surface area contributed by atoms with Crippen LogP contribution in [0.2, 0.25) is 5.02 Å². The van der Waals surface area contributed by atoms with E-state index < -0.39 is 11.9 Å². The predicted octanol–water partition coefficient (Wildman–Crippen LogP) is 3.92. The highest BCUT2D eigenvalue weighted by Crippen LogP contribution is 2.17. The molecule has 2 aromatic carbocycles. The molecule has 5 nitrogen and oxygen atoms in total. The van der Waals surface area contributed by atoms with Gasteiger partial charge in [0.1, 0.15) is 5.69 Å². The molecule has 1 heterocycles. The van der Waals surface area contributed by atoms with Crippen LogP contribution >= 0.6 is 11.6 Å². The first-order valence-electron chi connectivity index (χ1n) is 8.10. The van der Waals surface area contributed by atoms with Crippen LogP contribution in [0.3, 0.4) is 0 Å². The van der Waals surface area contributed by atoms with E-state index in [9.17, 15) is 9.59 Å². The minimum Gasteiger partial charge on any atom is -0.451 e. The van der Waals surface area contributed by atoms with Crippen molar-refractivity contribution in [3.8, 4) is 0 Å². The molecule has 1 amide bonds. The second-order valence-electron chi connectivity index (χ2n) is 5.81. The van der Waals surface area contributed by atoms with Gasteiger partial charge in [0.15, 0.2) is 6.61 Å². The largest absolute Gasteiger partial charge is 0.451 e. The van der Waals surface area contributed by atoms with Crippen molar-refractivity contribution in [2.45, 2.75) is 13.0 Å². The molecule has 1 atom stereocenters. The first-order valence-corrected chi connectivity index (χ1v) is 8.48. The second kappa shape index (κ2) is 7.97. The summed E-state index contributed by atoms with van der Waals surface area (Å²) in [6.07, 6.45) is 0. The molecule has 26 heavy (non-hydrogen) atoms. The quantitative estimate of drug-likeness (QED) is 0.693. The van der Waals surface area contributed by atoms with E-state index in [1.54, 1.807) is 24.3 Å². The summed E-state index contributed by atoms with van der Waals surface area (Å²) in [6, 6.07) is 17.8. The summed E-state index contributed by atoms with van der Waals surface area (Å²) < 4.78 is 5.06. The number of benzene rings is 2. The Morgan fingerprint density at radius 2 is 1.92 bits per heavy atom. The van der Waals surface area contributed by atoms with E-state index in [0.717, 1.165) is 10.9 Å². The van der Waals surface area contributed by atoms with Crippen molar-refractivity contribution in [2.75, 3.05) is 6.61 Å². The van der Waals surface area contributed by atoms with Crippen molar-refractivity contribution in [1.29, 1.82) is 0 Å². The molecule has 0 spiro atoms. The third-order valence-electron chi connectivity index (χ3n) is 3.87. The van der Waals surface area contributed by atoms with Crippen molar-refractivity contribution < 1.29 is 14.3 Å². The molecule has 132 valence electrons. The minimum absolute atomic E-state index is 0.166. The number of nitrogens with zero attached hydrogens (tertiary/aromatic N) is 1. The van der Waals surface area contributed by atoms with E-state index in [1.807, 2.05) is 43.3 Å². The summed E-state index contributed by atoms with van der Waals surface area (Å²) in [5.74, 6) is -1.03. The van der Waals surface area contributed by atoms with Gasteiger partial charge in [0.25, 0.3) is 5.91 Å². The zero-order valence-electron chi connectivity index (χ0n) is 14.1. The molecule has 0 saturated heterocycles. The number of amides is 1. The number of aromatic nitrogens is 1. The number of fused-ring (bicyclic) bond motifs is 1. The Balaban J connectivity index is 1.57. The van der Waals surface area contributed by atoms with E-state index in [-0.39, 0.29) is 18.3 Å². The van der Waals surface area contributed by atoms with Crippen LogP contribution < -0.4 is 5.32 Å². The molecule has 0 bridgehead atoms. The van der Waals surface area contributed by atoms with Gasteiger partial charge in [-0.25, -0.2) is 9.78 Å². The lowest BCUT2D eigenvalue weighted by Gasteiger charge is -2.14. The summed E-state index contributed by atoms with van der Waals surface area (Å²) in [6.45, 7) is 1.45. The van der Waals surface area contributed by atoms with Gasteiger partial charge in [0.2, 0.25) is 0 Å². The van der Waals surface area contributed by atoms with E-state index in [0.29, 0.717) is 10.5 Å². The molecule has 6 heteroatoms. The predicted molar refractivity (Wildman–Crippen MR) is 100 cm³/mol. The number of nitrogens with one attached hydrogen (secondary N) is 1. The van der Waals surface area contributed by atoms with E-state index in [1.165, 1.54) is 0 Å². The maximum atomic E-state index is 12.1. The Bertz CT molecular complexity index is 958. The molecule has 1 N–H and O–H groups in total. The topological polar surface area (TPSA) is 68.3 Å². The highest BCUT2D eigenvalue weighted by atomic mass is 35.5. The average molecular weight is 369 g/mol. The first-order chi connectivity index (χ1) is 12.5. The number of carbonyl (C=O) groups excluding carboxylic acids is 2. The zero-order chi connectivity index (χ0) is 18.5. The fourth-order valence-electron chi connectivity index (χ4n) is 2.53. The van der Waals surface area contributed by atoms with Gasteiger partial charge < -0.3 is 10.1 Å². The number of pyridine rings is 1. The van der Waals surface area contributed by atoms with E-state index >= 15 is 0 Å². The van der Waals surface area contributed by atoms with Crippen molar-refractivity contribution in [2.24, 2.45) is 0 Å². The summed E-state index contributed by atoms with van der Waals surface area (Å²) in [5, 5.41) is 4.29. The van der Waals surface area contributed by atoms with Gasteiger partial charge in [0, 0.05) is 10.4 Å². The SMILES string of the molecule is C[C@@H](NC(=O)COC(=O)c1ccc2ccccc2n1)c1cccc(Cl)c1. The van der Waals surface area contributed by atoms with Crippen molar-refractivity contribution >= 4 is 34.4 Å². The molecule has 0 fully saturated rings. The molecule has 3 rings (SSSR count). The molecule has 0 aliphatic carbocycles. The molecule has 0 radical (unpaired) electrons. The number of carbonyl (C=O) groups is 2. The summed E-state index contributed by atoms with van der Waals surface area (Å²) in [5.41, 5.74) is 1.73. The van der Waals surface area contributed by atoms with Gasteiger partial charge in [-0.2, -0.15) is 0 Å². The number of halogens is 1. The summed E-state index contributed by atoms with van der Waals surface area (Å²) >= 11 is 5.95. The number of ether oxygens (including phenoxy) is 1. The third kappa shape index (κ3) is 4.37. The summed E-state index contributed by atoms with van der Waals surface area (Å²) in [4.78, 5) is 28.4. The zero-order valence-corrected chi connectivity index (χ0v) is 14.9. The molecule has 0 aliphatic heterocycles. The maximum absolute atomic E-state index is 12.1. The van der Waals surface area contributed by atoms with Gasteiger partial charge in [-0.1, -0.05) is 48.0 Å². The lowest BCUT2D eigenvalue weighted by molar-refractivity contribution is -0.124. The van der Waals surface area contributed by atoms with Gasteiger partial charge in [0.05, 0.1) is 11.6 Å². The van der Waals surface area contributed by atoms with Crippen LogP contribution in [0.5, 0.6) is 0 Å². The number of para-hydroxylation sites is 1. The molecule has 0 unspecified atom stereocenters. The Labute approximate surface area is 156 Å². The van der Waals surface area contributed by atoms with Crippen LogP contribution in [0.1, 0.15) is 29.0 Å². The molecular formula is C20H17ClN2O3. The maximum Gasteiger partial charge on any atom is 0.357 e. The van der Waals surface area contributed by atoms with Gasteiger partial charge in [-0.3, -0.25) is 4.79 Å². The van der Waals surface area contributed by atoms with Crippen molar-refractivity contribution in [3.05, 3.63) is 76.9 Å². The van der Waals surface area contributed by atoms with Gasteiger partial charge >= 0.3 is 5.97 Å². The Kier molecular flexibility index (Phi) is 5.49. The number of esters is 1. The molecule has 0 aliphatic rings.